The number of carbonyl (C=O) groups excluding carboxylic acids is 2. The van der Waals surface area contributed by atoms with Gasteiger partial charge in [-0.15, -0.1) is 0 Å². The van der Waals surface area contributed by atoms with Crippen LogP contribution in [0.4, 0.5) is 0 Å². The Labute approximate surface area is 443 Å². The number of rotatable bonds is 60. The maximum atomic E-state index is 12.5. The zero-order valence-corrected chi connectivity index (χ0v) is 48.0. The van der Waals surface area contributed by atoms with Crippen molar-refractivity contribution in [1.82, 2.24) is 5.32 Å². The van der Waals surface area contributed by atoms with E-state index in [1.807, 2.05) is 6.08 Å². The zero-order valence-electron chi connectivity index (χ0n) is 48.0. The van der Waals surface area contributed by atoms with Crippen molar-refractivity contribution in [2.45, 2.75) is 366 Å². The summed E-state index contributed by atoms with van der Waals surface area (Å²) in [4.78, 5) is 24.5. The summed E-state index contributed by atoms with van der Waals surface area (Å²) in [5.74, 6) is -0.0589. The molecule has 0 bridgehead atoms. The van der Waals surface area contributed by atoms with Gasteiger partial charge in [-0.05, 0) is 57.8 Å². The lowest BCUT2D eigenvalue weighted by molar-refractivity contribution is -0.143. The number of aliphatic hydroxyl groups is 2. The number of nitrogens with one attached hydrogen (secondary N) is 1. The molecule has 3 N–H and O–H groups in total. The van der Waals surface area contributed by atoms with Crippen molar-refractivity contribution in [2.75, 3.05) is 13.2 Å². The number of ether oxygens (including phenoxy) is 1. The number of unbranched alkanes of at least 4 members (excludes halogenated alkanes) is 47. The summed E-state index contributed by atoms with van der Waals surface area (Å²) < 4.78 is 5.49. The highest BCUT2D eigenvalue weighted by molar-refractivity contribution is 5.76. The predicted molar refractivity (Wildman–Crippen MR) is 310 cm³/mol. The SMILES string of the molecule is CCCCCCCC/C=C\CCCCCCCC(=O)OCCCCCCCCCCCCCCCCCCCCCCCCCC(=O)NC(CO)C(O)/C=C/CCCCCCCCCCCCCCCC. The van der Waals surface area contributed by atoms with Crippen molar-refractivity contribution in [1.29, 1.82) is 0 Å². The van der Waals surface area contributed by atoms with Gasteiger partial charge in [0.1, 0.15) is 0 Å². The molecule has 0 aliphatic rings. The first-order valence-corrected chi connectivity index (χ1v) is 32.1. The molecule has 0 heterocycles. The summed E-state index contributed by atoms with van der Waals surface area (Å²) in [6, 6.07) is -0.627. The molecule has 6 nitrogen and oxygen atoms in total. The molecule has 71 heavy (non-hydrogen) atoms. The standard InChI is InChI=1S/C65H125NO5/c1-3-5-7-9-11-13-15-17-19-30-33-37-41-45-49-53-57-63(68)62(61-67)66-64(69)58-54-50-46-42-38-34-31-27-25-23-21-20-22-24-26-28-32-36-40-44-48-52-56-60-71-65(70)59-55-51-47-43-39-35-29-18-16-14-12-10-8-6-4-2/h18,29,53,57,62-63,67-68H,3-17,19-28,30-52,54-56,58-61H2,1-2H3,(H,66,69)/b29-18-,57-53+. The summed E-state index contributed by atoms with van der Waals surface area (Å²) >= 11 is 0. The van der Waals surface area contributed by atoms with Crippen LogP contribution >= 0.6 is 0 Å². The minimum absolute atomic E-state index is 0.00639. The highest BCUT2D eigenvalue weighted by atomic mass is 16.5. The van der Waals surface area contributed by atoms with Crippen LogP contribution in [0, 0.1) is 0 Å². The van der Waals surface area contributed by atoms with E-state index in [0.29, 0.717) is 19.4 Å². The highest BCUT2D eigenvalue weighted by Crippen LogP contribution is 2.18. The van der Waals surface area contributed by atoms with Gasteiger partial charge in [0.05, 0.1) is 25.4 Å². The molecule has 2 unspecified atom stereocenters. The third-order valence-corrected chi connectivity index (χ3v) is 15.0. The van der Waals surface area contributed by atoms with Crippen molar-refractivity contribution in [3.63, 3.8) is 0 Å². The molecule has 0 aliphatic heterocycles. The minimum Gasteiger partial charge on any atom is -0.466 e. The van der Waals surface area contributed by atoms with E-state index >= 15 is 0 Å². The Morgan fingerprint density at radius 3 is 1.00 bits per heavy atom. The zero-order chi connectivity index (χ0) is 51.4. The molecule has 0 spiro atoms. The Balaban J connectivity index is 3.39. The number of amides is 1. The van der Waals surface area contributed by atoms with E-state index in [2.05, 4.69) is 31.3 Å². The Morgan fingerprint density at radius 2 is 0.662 bits per heavy atom. The van der Waals surface area contributed by atoms with Crippen LogP contribution in [0.25, 0.3) is 0 Å². The molecular formula is C65H125NO5. The summed E-state index contributed by atoms with van der Waals surface area (Å²) in [5, 5.41) is 23.2. The lowest BCUT2D eigenvalue weighted by Crippen LogP contribution is -2.45. The number of hydrogen-bond donors (Lipinski definition) is 3. The van der Waals surface area contributed by atoms with E-state index in [1.165, 1.54) is 283 Å². The van der Waals surface area contributed by atoms with Gasteiger partial charge >= 0.3 is 5.97 Å². The van der Waals surface area contributed by atoms with Crippen LogP contribution in [0.3, 0.4) is 0 Å². The number of esters is 1. The van der Waals surface area contributed by atoms with Crippen LogP contribution in [0.15, 0.2) is 24.3 Å². The molecule has 0 aromatic heterocycles. The maximum absolute atomic E-state index is 12.5. The number of allylic oxidation sites excluding steroid dienone is 3. The summed E-state index contributed by atoms with van der Waals surface area (Å²) in [6.45, 7) is 4.92. The number of aliphatic hydroxyl groups excluding tert-OH is 2. The molecule has 0 radical (unpaired) electrons. The Kier molecular flexibility index (Phi) is 59.5. The molecule has 0 aromatic rings. The second-order valence-electron chi connectivity index (χ2n) is 22.1. The fourth-order valence-electron chi connectivity index (χ4n) is 10.0. The molecule has 0 aromatic carbocycles. The first-order valence-electron chi connectivity index (χ1n) is 32.1. The van der Waals surface area contributed by atoms with Crippen molar-refractivity contribution in [3.8, 4) is 0 Å². The maximum Gasteiger partial charge on any atom is 0.305 e. The van der Waals surface area contributed by atoms with Gasteiger partial charge in [-0.1, -0.05) is 308 Å². The normalized spacial score (nSPS) is 12.7. The summed E-state index contributed by atoms with van der Waals surface area (Å²) in [6.07, 6.45) is 75.1. The molecule has 0 aliphatic carbocycles. The van der Waals surface area contributed by atoms with E-state index in [1.54, 1.807) is 6.08 Å². The Hall–Kier alpha value is -1.66. The van der Waals surface area contributed by atoms with Gasteiger partial charge in [-0.2, -0.15) is 0 Å². The van der Waals surface area contributed by atoms with Crippen LogP contribution < -0.4 is 5.32 Å². The Morgan fingerprint density at radius 1 is 0.380 bits per heavy atom. The molecule has 0 fully saturated rings. The first-order chi connectivity index (χ1) is 35.0. The fourth-order valence-corrected chi connectivity index (χ4v) is 10.0. The summed E-state index contributed by atoms with van der Waals surface area (Å²) in [5.41, 5.74) is 0. The van der Waals surface area contributed by atoms with Crippen LogP contribution in [0.2, 0.25) is 0 Å². The quantitative estimate of drug-likeness (QED) is 0.0320. The van der Waals surface area contributed by atoms with E-state index < -0.39 is 12.1 Å². The summed E-state index contributed by atoms with van der Waals surface area (Å²) in [7, 11) is 0. The molecular weight excluding hydrogens is 875 g/mol. The van der Waals surface area contributed by atoms with Crippen LogP contribution in [-0.2, 0) is 14.3 Å². The molecule has 420 valence electrons. The lowest BCUT2D eigenvalue weighted by atomic mass is 10.0. The molecule has 6 heteroatoms. The molecule has 0 rings (SSSR count). The van der Waals surface area contributed by atoms with Gasteiger partial charge in [0.25, 0.3) is 0 Å². The molecule has 0 saturated heterocycles. The van der Waals surface area contributed by atoms with E-state index in [0.717, 1.165) is 44.9 Å². The smallest absolute Gasteiger partial charge is 0.305 e. The van der Waals surface area contributed by atoms with Gasteiger partial charge in [0.2, 0.25) is 5.91 Å². The number of carbonyl (C=O) groups is 2. The molecule has 2 atom stereocenters. The first kappa shape index (κ1) is 69.3. The second-order valence-corrected chi connectivity index (χ2v) is 22.1. The van der Waals surface area contributed by atoms with Crippen LogP contribution in [0.5, 0.6) is 0 Å². The van der Waals surface area contributed by atoms with Gasteiger partial charge < -0.3 is 20.3 Å². The van der Waals surface area contributed by atoms with Gasteiger partial charge in [-0.3, -0.25) is 9.59 Å². The minimum atomic E-state index is -0.844. The van der Waals surface area contributed by atoms with E-state index in [9.17, 15) is 19.8 Å². The fraction of sp³-hybridized carbons (Fsp3) is 0.908. The van der Waals surface area contributed by atoms with Crippen LogP contribution in [-0.4, -0.2) is 47.4 Å². The average Bonchev–Trinajstić information content (AvgIpc) is 3.37. The predicted octanol–water partition coefficient (Wildman–Crippen LogP) is 20.2. The second kappa shape index (κ2) is 60.9. The topological polar surface area (TPSA) is 95.9 Å². The van der Waals surface area contributed by atoms with Gasteiger partial charge in [0.15, 0.2) is 0 Å². The molecule has 1 amide bonds. The molecule has 0 saturated carbocycles. The highest BCUT2D eigenvalue weighted by Gasteiger charge is 2.18. The van der Waals surface area contributed by atoms with Crippen molar-refractivity contribution in [3.05, 3.63) is 24.3 Å². The van der Waals surface area contributed by atoms with Crippen LogP contribution in [0.1, 0.15) is 354 Å². The van der Waals surface area contributed by atoms with Crippen molar-refractivity contribution in [2.24, 2.45) is 0 Å². The Bertz CT molecular complexity index is 1110. The average molecular weight is 1000 g/mol. The van der Waals surface area contributed by atoms with Gasteiger partial charge in [-0.25, -0.2) is 0 Å². The van der Waals surface area contributed by atoms with Crippen molar-refractivity contribution >= 4 is 11.9 Å². The van der Waals surface area contributed by atoms with E-state index in [4.69, 9.17) is 4.74 Å². The lowest BCUT2D eigenvalue weighted by Gasteiger charge is -2.20. The largest absolute Gasteiger partial charge is 0.466 e. The monoisotopic (exact) mass is 1000 g/mol. The van der Waals surface area contributed by atoms with Gasteiger partial charge in [0, 0.05) is 12.8 Å². The third-order valence-electron chi connectivity index (χ3n) is 15.0. The van der Waals surface area contributed by atoms with Crippen molar-refractivity contribution < 1.29 is 24.5 Å². The van der Waals surface area contributed by atoms with E-state index in [-0.39, 0.29) is 18.5 Å². The third kappa shape index (κ3) is 57.5. The number of hydrogen-bond acceptors (Lipinski definition) is 5.